The molecule has 1 saturated carbocycles. The van der Waals surface area contributed by atoms with E-state index in [0.717, 1.165) is 29.9 Å². The van der Waals surface area contributed by atoms with Crippen LogP contribution in [0.3, 0.4) is 0 Å². The van der Waals surface area contributed by atoms with E-state index in [0.29, 0.717) is 0 Å². The van der Waals surface area contributed by atoms with Gasteiger partial charge in [-0.1, -0.05) is 0 Å². The number of hydrogen-bond donors (Lipinski definition) is 0. The second kappa shape index (κ2) is 4.05. The molecule has 0 radical (unpaired) electrons. The van der Waals surface area contributed by atoms with Crippen LogP contribution in [0.25, 0.3) is 0 Å². The van der Waals surface area contributed by atoms with E-state index >= 15 is 0 Å². The first-order valence-electron chi connectivity index (χ1n) is 5.12. The molecular formula is C10H11F3N2O2. The van der Waals surface area contributed by atoms with E-state index in [1.165, 1.54) is 7.11 Å². The van der Waals surface area contributed by atoms with Crippen LogP contribution in [0.15, 0.2) is 12.4 Å². The maximum absolute atomic E-state index is 12.4. The van der Waals surface area contributed by atoms with E-state index in [9.17, 15) is 18.0 Å². The summed E-state index contributed by atoms with van der Waals surface area (Å²) in [5.41, 5.74) is -0.855. The van der Waals surface area contributed by atoms with E-state index in [1.807, 2.05) is 0 Å². The van der Waals surface area contributed by atoms with Crippen LogP contribution in [0.5, 0.6) is 0 Å². The van der Waals surface area contributed by atoms with Crippen molar-refractivity contribution in [1.29, 1.82) is 0 Å². The first kappa shape index (κ1) is 11.9. The quantitative estimate of drug-likeness (QED) is 0.769. The highest BCUT2D eigenvalue weighted by Gasteiger charge is 2.40. The minimum absolute atomic E-state index is 0.0310. The van der Waals surface area contributed by atoms with Gasteiger partial charge in [-0.15, -0.1) is 0 Å². The lowest BCUT2D eigenvalue weighted by Crippen LogP contribution is -2.23. The fraction of sp³-hybridized carbons (Fsp3) is 0.600. The van der Waals surface area contributed by atoms with Crippen molar-refractivity contribution in [2.75, 3.05) is 7.11 Å². The minimum Gasteiger partial charge on any atom is -0.467 e. The molecule has 1 atom stereocenters. The lowest BCUT2D eigenvalue weighted by Gasteiger charge is -2.13. The molecule has 1 fully saturated rings. The molecular weight excluding hydrogens is 237 g/mol. The van der Waals surface area contributed by atoms with Gasteiger partial charge in [0, 0.05) is 6.20 Å². The van der Waals surface area contributed by atoms with Crippen LogP contribution in [0, 0.1) is 5.92 Å². The van der Waals surface area contributed by atoms with Crippen molar-refractivity contribution in [3.8, 4) is 0 Å². The molecule has 1 aromatic heterocycles. The predicted octanol–water partition coefficient (Wildman–Crippen LogP) is 2.03. The van der Waals surface area contributed by atoms with Gasteiger partial charge in [0.05, 0.1) is 18.9 Å². The Kier molecular flexibility index (Phi) is 2.84. The minimum atomic E-state index is -4.44. The van der Waals surface area contributed by atoms with Gasteiger partial charge in [-0.25, -0.2) is 4.79 Å². The molecule has 1 aromatic rings. The van der Waals surface area contributed by atoms with Gasteiger partial charge in [0.25, 0.3) is 0 Å². The van der Waals surface area contributed by atoms with Crippen molar-refractivity contribution in [2.24, 2.45) is 5.92 Å². The standard InChI is InChI=1S/C10H11F3N2O2/c1-17-9(16)8(6-2-3-6)15-5-7(4-14-15)10(11,12)13/h4-6,8H,2-3H2,1H3. The van der Waals surface area contributed by atoms with Gasteiger partial charge in [-0.2, -0.15) is 18.3 Å². The number of rotatable bonds is 3. The molecule has 1 heterocycles. The SMILES string of the molecule is COC(=O)C(C1CC1)n1cc(C(F)(F)F)cn1. The maximum Gasteiger partial charge on any atom is 0.419 e. The Morgan fingerprint density at radius 1 is 1.59 bits per heavy atom. The summed E-state index contributed by atoms with van der Waals surface area (Å²) in [6.07, 6.45) is -1.26. The lowest BCUT2D eigenvalue weighted by molar-refractivity contribution is -0.146. The summed E-state index contributed by atoms with van der Waals surface area (Å²) in [7, 11) is 1.21. The normalized spacial score (nSPS) is 17.9. The Bertz CT molecular complexity index is 423. The van der Waals surface area contributed by atoms with Crippen LogP contribution in [-0.4, -0.2) is 22.9 Å². The third kappa shape index (κ3) is 2.42. The highest BCUT2D eigenvalue weighted by Crippen LogP contribution is 2.40. The highest BCUT2D eigenvalue weighted by atomic mass is 19.4. The Morgan fingerprint density at radius 3 is 2.65 bits per heavy atom. The zero-order chi connectivity index (χ0) is 12.6. The van der Waals surface area contributed by atoms with Crippen molar-refractivity contribution in [3.63, 3.8) is 0 Å². The largest absolute Gasteiger partial charge is 0.467 e. The summed E-state index contributed by atoms with van der Waals surface area (Å²) in [6.45, 7) is 0. The molecule has 2 rings (SSSR count). The molecule has 4 nitrogen and oxygen atoms in total. The molecule has 0 saturated heterocycles. The topological polar surface area (TPSA) is 44.1 Å². The van der Waals surface area contributed by atoms with Crippen LogP contribution in [0.1, 0.15) is 24.4 Å². The summed E-state index contributed by atoms with van der Waals surface area (Å²) < 4.78 is 42.8. The number of alkyl halides is 3. The van der Waals surface area contributed by atoms with E-state index in [1.54, 1.807) is 0 Å². The maximum atomic E-state index is 12.4. The number of carbonyl (C=O) groups is 1. The predicted molar refractivity (Wildman–Crippen MR) is 51.0 cm³/mol. The highest BCUT2D eigenvalue weighted by molar-refractivity contribution is 5.74. The summed E-state index contributed by atoms with van der Waals surface area (Å²) in [5.74, 6) is -0.521. The van der Waals surface area contributed by atoms with E-state index in [2.05, 4.69) is 9.84 Å². The zero-order valence-corrected chi connectivity index (χ0v) is 9.07. The number of aromatic nitrogens is 2. The molecule has 1 aliphatic carbocycles. The lowest BCUT2D eigenvalue weighted by atomic mass is 10.2. The monoisotopic (exact) mass is 248 g/mol. The Balaban J connectivity index is 2.25. The van der Waals surface area contributed by atoms with Gasteiger partial charge in [0.15, 0.2) is 6.04 Å². The molecule has 1 unspecified atom stereocenters. The number of nitrogens with zero attached hydrogens (tertiary/aromatic N) is 2. The fourth-order valence-electron chi connectivity index (χ4n) is 1.69. The van der Waals surface area contributed by atoms with Crippen molar-refractivity contribution < 1.29 is 22.7 Å². The summed E-state index contributed by atoms with van der Waals surface area (Å²) in [5, 5.41) is 3.61. The zero-order valence-electron chi connectivity index (χ0n) is 9.07. The first-order chi connectivity index (χ1) is 7.93. The van der Waals surface area contributed by atoms with Gasteiger partial charge < -0.3 is 4.74 Å². The number of halogens is 3. The van der Waals surface area contributed by atoms with Gasteiger partial charge in [0.1, 0.15) is 0 Å². The average Bonchev–Trinajstić information content (AvgIpc) is 2.93. The van der Waals surface area contributed by atoms with Crippen LogP contribution in [0.4, 0.5) is 13.2 Å². The fourth-order valence-corrected chi connectivity index (χ4v) is 1.69. The number of esters is 1. The van der Waals surface area contributed by atoms with Gasteiger partial charge in [-0.05, 0) is 18.8 Å². The first-order valence-corrected chi connectivity index (χ1v) is 5.12. The molecule has 0 bridgehead atoms. The second-order valence-electron chi connectivity index (χ2n) is 4.01. The Morgan fingerprint density at radius 2 is 2.24 bits per heavy atom. The molecule has 0 aliphatic heterocycles. The van der Waals surface area contributed by atoms with Gasteiger partial charge in [-0.3, -0.25) is 4.68 Å². The summed E-state index contributed by atoms with van der Waals surface area (Å²) in [4.78, 5) is 11.5. The van der Waals surface area contributed by atoms with Crippen molar-refractivity contribution in [1.82, 2.24) is 9.78 Å². The van der Waals surface area contributed by atoms with Crippen molar-refractivity contribution >= 4 is 5.97 Å². The number of carbonyl (C=O) groups excluding carboxylic acids is 1. The molecule has 17 heavy (non-hydrogen) atoms. The number of hydrogen-bond acceptors (Lipinski definition) is 3. The van der Waals surface area contributed by atoms with Crippen molar-refractivity contribution in [2.45, 2.75) is 25.1 Å². The van der Waals surface area contributed by atoms with Gasteiger partial charge in [0.2, 0.25) is 0 Å². The van der Waals surface area contributed by atoms with E-state index in [4.69, 9.17) is 0 Å². The van der Waals surface area contributed by atoms with E-state index < -0.39 is 23.8 Å². The molecule has 0 amide bonds. The number of ether oxygens (including phenoxy) is 1. The van der Waals surface area contributed by atoms with Crippen LogP contribution in [0.2, 0.25) is 0 Å². The Labute approximate surface area is 95.4 Å². The average molecular weight is 248 g/mol. The Hall–Kier alpha value is -1.53. The molecule has 1 aliphatic rings. The van der Waals surface area contributed by atoms with Crippen molar-refractivity contribution in [3.05, 3.63) is 18.0 Å². The molecule has 0 N–H and O–H groups in total. The molecule has 7 heteroatoms. The van der Waals surface area contributed by atoms with E-state index in [-0.39, 0.29) is 5.92 Å². The third-order valence-corrected chi connectivity index (χ3v) is 2.73. The molecule has 0 spiro atoms. The number of methoxy groups -OCH3 is 1. The van der Waals surface area contributed by atoms with Crippen LogP contribution in [-0.2, 0) is 15.7 Å². The van der Waals surface area contributed by atoms with Crippen LogP contribution >= 0.6 is 0 Å². The van der Waals surface area contributed by atoms with Crippen LogP contribution < -0.4 is 0 Å². The second-order valence-corrected chi connectivity index (χ2v) is 4.01. The smallest absolute Gasteiger partial charge is 0.419 e. The molecule has 94 valence electrons. The summed E-state index contributed by atoms with van der Waals surface area (Å²) >= 11 is 0. The summed E-state index contributed by atoms with van der Waals surface area (Å²) in [6, 6.07) is -0.740. The molecule has 0 aromatic carbocycles. The van der Waals surface area contributed by atoms with Gasteiger partial charge >= 0.3 is 12.1 Å². The third-order valence-electron chi connectivity index (χ3n) is 2.73.